The Bertz CT molecular complexity index is 1070. The third-order valence-corrected chi connectivity index (χ3v) is 5.95. The quantitative estimate of drug-likeness (QED) is 0.464. The van der Waals surface area contributed by atoms with Gasteiger partial charge in [0.05, 0.1) is 29.9 Å². The standard InChI is InChI=1S/C22H29FN4O4S/c1-14(2)20-19(10-9-17(28)13-18(29)11-12-24)21(15-5-7-16(23)8-6-15)26-22(25-20)27(3)32(4,30)31/h5-10,12,14,17-18,24,28-29H,11,13H2,1-4H3/b10-9+,24-12?/t17-,18+/m1/s1. The van der Waals surface area contributed by atoms with Gasteiger partial charge in [0.15, 0.2) is 0 Å². The van der Waals surface area contributed by atoms with Crippen molar-refractivity contribution in [2.75, 3.05) is 17.6 Å². The smallest absolute Gasteiger partial charge is 0.239 e. The molecule has 32 heavy (non-hydrogen) atoms. The third kappa shape index (κ3) is 6.65. The van der Waals surface area contributed by atoms with E-state index in [-0.39, 0.29) is 24.7 Å². The van der Waals surface area contributed by atoms with Crippen molar-refractivity contribution in [1.29, 1.82) is 5.41 Å². The zero-order chi connectivity index (χ0) is 24.1. The second-order valence-corrected chi connectivity index (χ2v) is 9.83. The van der Waals surface area contributed by atoms with Crippen LogP contribution in [0.5, 0.6) is 0 Å². The Morgan fingerprint density at radius 2 is 1.81 bits per heavy atom. The van der Waals surface area contributed by atoms with Gasteiger partial charge in [-0.1, -0.05) is 26.0 Å². The maximum Gasteiger partial charge on any atom is 0.239 e. The highest BCUT2D eigenvalue weighted by Crippen LogP contribution is 2.31. The number of hydrogen-bond acceptors (Lipinski definition) is 7. The highest BCUT2D eigenvalue weighted by Gasteiger charge is 2.22. The lowest BCUT2D eigenvalue weighted by Crippen LogP contribution is -2.27. The molecule has 0 saturated heterocycles. The molecule has 0 aliphatic carbocycles. The Labute approximate surface area is 188 Å². The lowest BCUT2D eigenvalue weighted by molar-refractivity contribution is 0.110. The maximum absolute atomic E-state index is 13.5. The average Bonchev–Trinajstić information content (AvgIpc) is 2.71. The van der Waals surface area contributed by atoms with Crippen molar-refractivity contribution in [3.8, 4) is 11.3 Å². The van der Waals surface area contributed by atoms with Crippen molar-refractivity contribution in [3.05, 3.63) is 47.4 Å². The molecule has 2 rings (SSSR count). The maximum atomic E-state index is 13.5. The number of hydrogen-bond donors (Lipinski definition) is 3. The molecule has 1 heterocycles. The van der Waals surface area contributed by atoms with Gasteiger partial charge in [-0.25, -0.2) is 27.1 Å². The first kappa shape index (κ1) is 25.6. The molecule has 3 N–H and O–H groups in total. The molecule has 2 aromatic rings. The summed E-state index contributed by atoms with van der Waals surface area (Å²) in [5, 5.41) is 27.2. The largest absolute Gasteiger partial charge is 0.393 e. The minimum atomic E-state index is -3.62. The Hall–Kier alpha value is -2.69. The van der Waals surface area contributed by atoms with Crippen molar-refractivity contribution in [2.45, 2.75) is 44.8 Å². The van der Waals surface area contributed by atoms with Crippen molar-refractivity contribution in [1.82, 2.24) is 9.97 Å². The zero-order valence-electron chi connectivity index (χ0n) is 18.5. The molecule has 8 nitrogen and oxygen atoms in total. The van der Waals surface area contributed by atoms with E-state index in [2.05, 4.69) is 9.97 Å². The Kier molecular flexibility index (Phi) is 8.59. The number of sulfonamides is 1. The number of aromatic nitrogens is 2. The summed E-state index contributed by atoms with van der Waals surface area (Å²) >= 11 is 0. The predicted molar refractivity (Wildman–Crippen MR) is 124 cm³/mol. The van der Waals surface area contributed by atoms with Gasteiger partial charge < -0.3 is 15.6 Å². The van der Waals surface area contributed by atoms with Gasteiger partial charge in [-0.15, -0.1) is 0 Å². The van der Waals surface area contributed by atoms with E-state index in [4.69, 9.17) is 5.41 Å². The molecule has 2 atom stereocenters. The van der Waals surface area contributed by atoms with Crippen LogP contribution in [0.1, 0.15) is 43.9 Å². The monoisotopic (exact) mass is 464 g/mol. The zero-order valence-corrected chi connectivity index (χ0v) is 19.3. The fourth-order valence-electron chi connectivity index (χ4n) is 2.99. The second-order valence-electron chi connectivity index (χ2n) is 7.82. The van der Waals surface area contributed by atoms with Crippen LogP contribution in [0, 0.1) is 11.2 Å². The van der Waals surface area contributed by atoms with E-state index in [0.29, 0.717) is 22.5 Å². The van der Waals surface area contributed by atoms with Gasteiger partial charge in [0.25, 0.3) is 0 Å². The van der Waals surface area contributed by atoms with Gasteiger partial charge >= 0.3 is 0 Å². The summed E-state index contributed by atoms with van der Waals surface area (Å²) in [6.07, 6.45) is 3.59. The van der Waals surface area contributed by atoms with E-state index in [9.17, 15) is 23.0 Å². The van der Waals surface area contributed by atoms with E-state index < -0.39 is 28.0 Å². The lowest BCUT2D eigenvalue weighted by Gasteiger charge is -2.20. The topological polar surface area (TPSA) is 127 Å². The van der Waals surface area contributed by atoms with Gasteiger partial charge in [-0.3, -0.25) is 0 Å². The molecule has 0 aliphatic heterocycles. The third-order valence-electron chi connectivity index (χ3n) is 4.80. The highest BCUT2D eigenvalue weighted by molar-refractivity contribution is 7.92. The summed E-state index contributed by atoms with van der Waals surface area (Å²) < 4.78 is 38.6. The molecule has 0 fully saturated rings. The fourth-order valence-corrected chi connectivity index (χ4v) is 3.37. The normalized spacial score (nSPS) is 14.0. The number of nitrogens with one attached hydrogen (secondary N) is 1. The van der Waals surface area contributed by atoms with Crippen LogP contribution in [0.4, 0.5) is 10.3 Å². The summed E-state index contributed by atoms with van der Waals surface area (Å²) in [5.41, 5.74) is 2.04. The van der Waals surface area contributed by atoms with Crippen LogP contribution in [0.15, 0.2) is 30.3 Å². The molecule has 0 amide bonds. The Balaban J connectivity index is 2.65. The van der Waals surface area contributed by atoms with E-state index in [1.165, 1.54) is 37.4 Å². The minimum absolute atomic E-state index is 0.0189. The first-order valence-corrected chi connectivity index (χ1v) is 11.9. The van der Waals surface area contributed by atoms with Crippen molar-refractivity contribution >= 4 is 28.3 Å². The number of aliphatic hydroxyl groups is 2. The van der Waals surface area contributed by atoms with Gasteiger partial charge in [-0.05, 0) is 36.4 Å². The van der Waals surface area contributed by atoms with Crippen LogP contribution in [0.3, 0.4) is 0 Å². The first-order valence-electron chi connectivity index (χ1n) is 10.1. The van der Waals surface area contributed by atoms with Crippen LogP contribution in [-0.4, -0.2) is 60.3 Å². The highest BCUT2D eigenvalue weighted by atomic mass is 32.2. The summed E-state index contributed by atoms with van der Waals surface area (Å²) in [6.45, 7) is 3.78. The molecule has 0 unspecified atom stereocenters. The first-order chi connectivity index (χ1) is 14.9. The summed E-state index contributed by atoms with van der Waals surface area (Å²) in [5.74, 6) is -0.563. The number of nitrogens with zero attached hydrogens (tertiary/aromatic N) is 3. The van der Waals surface area contributed by atoms with Gasteiger partial charge in [-0.2, -0.15) is 0 Å². The average molecular weight is 465 g/mol. The molecule has 0 bridgehead atoms. The molecule has 10 heteroatoms. The number of halogens is 1. The molecule has 1 aromatic carbocycles. The molecule has 1 aromatic heterocycles. The van der Waals surface area contributed by atoms with Gasteiger partial charge in [0.1, 0.15) is 5.82 Å². The Morgan fingerprint density at radius 3 is 2.34 bits per heavy atom. The molecule has 0 radical (unpaired) electrons. The molecular formula is C22H29FN4O4S. The number of rotatable bonds is 10. The summed E-state index contributed by atoms with van der Waals surface area (Å²) in [4.78, 5) is 8.91. The van der Waals surface area contributed by atoms with E-state index in [0.717, 1.165) is 16.8 Å². The van der Waals surface area contributed by atoms with Crippen LogP contribution >= 0.6 is 0 Å². The van der Waals surface area contributed by atoms with Crippen molar-refractivity contribution in [2.24, 2.45) is 0 Å². The molecular weight excluding hydrogens is 435 g/mol. The minimum Gasteiger partial charge on any atom is -0.393 e. The van der Waals surface area contributed by atoms with Crippen LogP contribution in [-0.2, 0) is 10.0 Å². The fraction of sp³-hybridized carbons (Fsp3) is 0.409. The molecule has 0 saturated carbocycles. The Morgan fingerprint density at radius 1 is 1.19 bits per heavy atom. The van der Waals surface area contributed by atoms with E-state index >= 15 is 0 Å². The van der Waals surface area contributed by atoms with Gasteiger partial charge in [0.2, 0.25) is 16.0 Å². The SMILES string of the molecule is CC(C)c1nc(N(C)S(C)(=O)=O)nc(-c2ccc(F)cc2)c1/C=C/[C@@H](O)C[C@@H](O)CC=N. The van der Waals surface area contributed by atoms with Crippen molar-refractivity contribution < 1.29 is 23.0 Å². The van der Waals surface area contributed by atoms with Crippen LogP contribution in [0.25, 0.3) is 17.3 Å². The number of anilines is 1. The van der Waals surface area contributed by atoms with Crippen LogP contribution in [0.2, 0.25) is 0 Å². The molecule has 0 spiro atoms. The van der Waals surface area contributed by atoms with Crippen LogP contribution < -0.4 is 4.31 Å². The molecule has 174 valence electrons. The van der Waals surface area contributed by atoms with Crippen molar-refractivity contribution in [3.63, 3.8) is 0 Å². The summed E-state index contributed by atoms with van der Waals surface area (Å²) in [7, 11) is -2.26. The number of benzene rings is 1. The van der Waals surface area contributed by atoms with E-state index in [1.807, 2.05) is 13.8 Å². The van der Waals surface area contributed by atoms with E-state index in [1.54, 1.807) is 6.08 Å². The predicted octanol–water partition coefficient (Wildman–Crippen LogP) is 2.97. The number of aliphatic hydroxyl groups excluding tert-OH is 2. The second kappa shape index (κ2) is 10.8. The lowest BCUT2D eigenvalue weighted by atomic mass is 9.97. The molecule has 0 aliphatic rings. The van der Waals surface area contributed by atoms with Gasteiger partial charge in [0, 0.05) is 31.0 Å². The summed E-state index contributed by atoms with van der Waals surface area (Å²) in [6, 6.07) is 5.63.